The highest BCUT2D eigenvalue weighted by Gasteiger charge is 1.72. The molecular weight excluding hydrogens is 112 g/mol. The Labute approximate surface area is 57.7 Å². The molecule has 2 heteroatoms. The molecule has 0 amide bonds. The van der Waals surface area contributed by atoms with Crippen molar-refractivity contribution in [2.45, 2.75) is 20.8 Å². The van der Waals surface area contributed by atoms with Gasteiger partial charge >= 0.3 is 0 Å². The summed E-state index contributed by atoms with van der Waals surface area (Å²) in [5.74, 6) is 0. The SMILES string of the molecule is C=N/C=C(/C)NC.CC. The van der Waals surface area contributed by atoms with Crippen LogP contribution in [0.15, 0.2) is 16.9 Å². The smallest absolute Gasteiger partial charge is 0.0447 e. The second kappa shape index (κ2) is 10.2. The summed E-state index contributed by atoms with van der Waals surface area (Å²) in [6, 6.07) is 0. The fraction of sp³-hybridized carbons (Fsp3) is 0.571. The molecule has 9 heavy (non-hydrogen) atoms. The monoisotopic (exact) mass is 128 g/mol. The van der Waals surface area contributed by atoms with Crippen molar-refractivity contribution in [2.75, 3.05) is 7.05 Å². The van der Waals surface area contributed by atoms with Gasteiger partial charge in [-0.1, -0.05) is 13.8 Å². The maximum Gasteiger partial charge on any atom is 0.0447 e. The van der Waals surface area contributed by atoms with Gasteiger partial charge in [0.2, 0.25) is 0 Å². The number of allylic oxidation sites excluding steroid dienone is 1. The molecule has 0 aliphatic heterocycles. The minimum atomic E-state index is 1.02. The van der Waals surface area contributed by atoms with Gasteiger partial charge in [-0.3, -0.25) is 4.99 Å². The van der Waals surface area contributed by atoms with Gasteiger partial charge in [-0.2, -0.15) is 0 Å². The summed E-state index contributed by atoms with van der Waals surface area (Å²) in [4.78, 5) is 3.53. The second-order valence-corrected chi connectivity index (χ2v) is 1.24. The van der Waals surface area contributed by atoms with E-state index < -0.39 is 0 Å². The average Bonchev–Trinajstić information content (AvgIpc) is 1.93. The van der Waals surface area contributed by atoms with E-state index in [9.17, 15) is 0 Å². The van der Waals surface area contributed by atoms with E-state index in [1.165, 1.54) is 0 Å². The maximum absolute atomic E-state index is 3.53. The zero-order valence-electron chi connectivity index (χ0n) is 6.73. The summed E-state index contributed by atoms with van der Waals surface area (Å²) in [7, 11) is 1.84. The third kappa shape index (κ3) is 11.0. The summed E-state index contributed by atoms with van der Waals surface area (Å²) in [6.45, 7) is 9.21. The van der Waals surface area contributed by atoms with E-state index in [1.807, 2.05) is 27.8 Å². The summed E-state index contributed by atoms with van der Waals surface area (Å²) in [6.07, 6.45) is 1.67. The molecule has 0 aromatic carbocycles. The fourth-order valence-corrected chi connectivity index (χ4v) is 0.201. The molecule has 0 saturated carbocycles. The van der Waals surface area contributed by atoms with Gasteiger partial charge in [-0.05, 0) is 13.6 Å². The lowest BCUT2D eigenvalue weighted by Crippen LogP contribution is -1.99. The van der Waals surface area contributed by atoms with Crippen molar-refractivity contribution >= 4 is 6.72 Å². The van der Waals surface area contributed by atoms with E-state index in [0.717, 1.165) is 5.70 Å². The molecule has 0 bridgehead atoms. The first-order valence-corrected chi connectivity index (χ1v) is 3.11. The molecule has 0 aromatic heterocycles. The Hall–Kier alpha value is -0.790. The van der Waals surface area contributed by atoms with Crippen LogP contribution in [0.4, 0.5) is 0 Å². The summed E-state index contributed by atoms with van der Waals surface area (Å²) < 4.78 is 0. The molecule has 0 aromatic rings. The van der Waals surface area contributed by atoms with Crippen LogP contribution in [0.5, 0.6) is 0 Å². The lowest BCUT2D eigenvalue weighted by Gasteiger charge is -1.91. The first-order chi connectivity index (χ1) is 4.31. The Balaban J connectivity index is 0. The Morgan fingerprint density at radius 2 is 2.00 bits per heavy atom. The van der Waals surface area contributed by atoms with Crippen LogP contribution < -0.4 is 5.32 Å². The maximum atomic E-state index is 3.53. The number of nitrogens with one attached hydrogen (secondary N) is 1. The molecule has 0 fully saturated rings. The van der Waals surface area contributed by atoms with Crippen LogP contribution in [0.3, 0.4) is 0 Å². The van der Waals surface area contributed by atoms with Crippen LogP contribution in [0.2, 0.25) is 0 Å². The predicted octanol–water partition coefficient (Wildman–Crippen LogP) is 1.79. The molecule has 0 aliphatic rings. The van der Waals surface area contributed by atoms with E-state index in [0.29, 0.717) is 0 Å². The molecule has 1 N–H and O–H groups in total. The summed E-state index contributed by atoms with van der Waals surface area (Å²) in [5.41, 5.74) is 1.02. The first-order valence-electron chi connectivity index (χ1n) is 3.11. The van der Waals surface area contributed by atoms with Crippen molar-refractivity contribution in [3.63, 3.8) is 0 Å². The molecule has 0 radical (unpaired) electrons. The van der Waals surface area contributed by atoms with Crippen molar-refractivity contribution in [2.24, 2.45) is 4.99 Å². The highest BCUT2D eigenvalue weighted by Crippen LogP contribution is 1.80. The first kappa shape index (κ1) is 11.1. The Bertz CT molecular complexity index is 84.9. The van der Waals surface area contributed by atoms with E-state index in [1.54, 1.807) is 6.20 Å². The van der Waals surface area contributed by atoms with Gasteiger partial charge in [0.05, 0.1) is 0 Å². The van der Waals surface area contributed by atoms with Crippen molar-refractivity contribution in [3.05, 3.63) is 11.9 Å². The Morgan fingerprint density at radius 1 is 1.56 bits per heavy atom. The number of nitrogens with zero attached hydrogens (tertiary/aromatic N) is 1. The molecule has 0 heterocycles. The van der Waals surface area contributed by atoms with Crippen molar-refractivity contribution in [3.8, 4) is 0 Å². The van der Waals surface area contributed by atoms with Gasteiger partial charge in [0, 0.05) is 18.9 Å². The highest BCUT2D eigenvalue weighted by molar-refractivity contribution is 5.26. The minimum absolute atomic E-state index is 1.02. The number of hydrogen-bond donors (Lipinski definition) is 1. The zero-order chi connectivity index (χ0) is 7.70. The predicted molar refractivity (Wildman–Crippen MR) is 43.7 cm³/mol. The Kier molecular flexibility index (Phi) is 12.6. The largest absolute Gasteiger partial charge is 0.390 e. The molecule has 0 saturated heterocycles. The van der Waals surface area contributed by atoms with Crippen LogP contribution in [0, 0.1) is 0 Å². The van der Waals surface area contributed by atoms with E-state index in [-0.39, 0.29) is 0 Å². The van der Waals surface area contributed by atoms with Crippen molar-refractivity contribution in [1.82, 2.24) is 5.32 Å². The fourth-order valence-electron chi connectivity index (χ4n) is 0.201. The molecule has 54 valence electrons. The second-order valence-electron chi connectivity index (χ2n) is 1.24. The van der Waals surface area contributed by atoms with Crippen molar-refractivity contribution in [1.29, 1.82) is 0 Å². The lowest BCUT2D eigenvalue weighted by molar-refractivity contribution is 0.982. The lowest BCUT2D eigenvalue weighted by atomic mass is 10.5. The van der Waals surface area contributed by atoms with Gasteiger partial charge < -0.3 is 5.32 Å². The molecule has 0 aliphatic carbocycles. The molecule has 0 unspecified atom stereocenters. The topological polar surface area (TPSA) is 24.4 Å². The standard InChI is InChI=1S/C5H10N2.C2H6/c1-5(7-3)4-6-2;1-2/h4,7H,2H2,1,3H3;1-2H3/b5-4-;. The molecule has 2 nitrogen and oxygen atoms in total. The summed E-state index contributed by atoms with van der Waals surface area (Å²) >= 11 is 0. The molecule has 0 atom stereocenters. The van der Waals surface area contributed by atoms with Crippen molar-refractivity contribution < 1.29 is 0 Å². The van der Waals surface area contributed by atoms with Crippen LogP contribution in [0.25, 0.3) is 0 Å². The van der Waals surface area contributed by atoms with E-state index in [2.05, 4.69) is 17.0 Å². The van der Waals surface area contributed by atoms with Gasteiger partial charge in [-0.15, -0.1) is 0 Å². The zero-order valence-corrected chi connectivity index (χ0v) is 6.73. The minimum Gasteiger partial charge on any atom is -0.390 e. The van der Waals surface area contributed by atoms with Gasteiger partial charge in [0.1, 0.15) is 0 Å². The van der Waals surface area contributed by atoms with Gasteiger partial charge in [-0.25, -0.2) is 0 Å². The Morgan fingerprint density at radius 3 is 2.11 bits per heavy atom. The number of aliphatic imine (C=N–C) groups is 1. The third-order valence-electron chi connectivity index (χ3n) is 0.679. The quantitative estimate of drug-likeness (QED) is 0.563. The van der Waals surface area contributed by atoms with E-state index in [4.69, 9.17) is 0 Å². The molecule has 0 spiro atoms. The molecule has 0 rings (SSSR count). The highest BCUT2D eigenvalue weighted by atomic mass is 14.8. The van der Waals surface area contributed by atoms with Crippen LogP contribution in [-0.2, 0) is 0 Å². The number of rotatable bonds is 2. The van der Waals surface area contributed by atoms with Crippen LogP contribution in [-0.4, -0.2) is 13.8 Å². The van der Waals surface area contributed by atoms with Crippen LogP contribution >= 0.6 is 0 Å². The number of hydrogen-bond acceptors (Lipinski definition) is 2. The van der Waals surface area contributed by atoms with Gasteiger partial charge in [0.15, 0.2) is 0 Å². The van der Waals surface area contributed by atoms with Crippen LogP contribution in [0.1, 0.15) is 20.8 Å². The van der Waals surface area contributed by atoms with Gasteiger partial charge in [0.25, 0.3) is 0 Å². The summed E-state index contributed by atoms with van der Waals surface area (Å²) in [5, 5.41) is 2.89. The average molecular weight is 128 g/mol. The third-order valence-corrected chi connectivity index (χ3v) is 0.679. The molecular formula is C7H16N2. The van der Waals surface area contributed by atoms with E-state index >= 15 is 0 Å². The normalized spacial score (nSPS) is 9.11.